The standard InChI is InChI=1S/C22H19ClN2O3/c1-3-28-22(26)18-12-17-16-6-4-5-7-19(16)25(13-27-2)21(17)20(24-18)14-8-10-15(23)11-9-14/h4-12H,3,13H2,1-2H3. The number of methoxy groups -OCH3 is 1. The van der Waals surface area contributed by atoms with Gasteiger partial charge in [-0.25, -0.2) is 9.78 Å². The summed E-state index contributed by atoms with van der Waals surface area (Å²) < 4.78 is 12.7. The van der Waals surface area contributed by atoms with Gasteiger partial charge in [0.15, 0.2) is 0 Å². The first-order chi connectivity index (χ1) is 13.6. The molecule has 0 saturated carbocycles. The van der Waals surface area contributed by atoms with Gasteiger partial charge in [0.1, 0.15) is 12.4 Å². The van der Waals surface area contributed by atoms with E-state index in [2.05, 4.69) is 9.55 Å². The summed E-state index contributed by atoms with van der Waals surface area (Å²) in [5, 5.41) is 2.59. The van der Waals surface area contributed by atoms with E-state index < -0.39 is 5.97 Å². The molecule has 2 heterocycles. The maximum atomic E-state index is 12.5. The number of hydrogen-bond donors (Lipinski definition) is 0. The molecule has 4 rings (SSSR count). The third-order valence-corrected chi connectivity index (χ3v) is 4.86. The number of benzene rings is 2. The smallest absolute Gasteiger partial charge is 0.356 e. The van der Waals surface area contributed by atoms with Gasteiger partial charge in [0.05, 0.1) is 23.3 Å². The molecule has 0 saturated heterocycles. The highest BCUT2D eigenvalue weighted by Crippen LogP contribution is 2.36. The second-order valence-corrected chi connectivity index (χ2v) is 6.78. The number of nitrogens with zero attached hydrogens (tertiary/aromatic N) is 2. The molecular formula is C22H19ClN2O3. The van der Waals surface area contributed by atoms with Crippen molar-refractivity contribution in [2.45, 2.75) is 13.7 Å². The van der Waals surface area contributed by atoms with Gasteiger partial charge < -0.3 is 14.0 Å². The van der Waals surface area contributed by atoms with Gasteiger partial charge in [-0.2, -0.15) is 0 Å². The maximum absolute atomic E-state index is 12.5. The number of carbonyl (C=O) groups is 1. The van der Waals surface area contributed by atoms with Crippen LogP contribution in [0, 0.1) is 0 Å². The molecule has 0 fully saturated rings. The number of carbonyl (C=O) groups excluding carboxylic acids is 1. The molecule has 6 heteroatoms. The van der Waals surface area contributed by atoms with Crippen LogP contribution in [-0.4, -0.2) is 29.2 Å². The van der Waals surface area contributed by atoms with E-state index in [0.717, 1.165) is 27.4 Å². The number of pyridine rings is 1. The van der Waals surface area contributed by atoms with Crippen LogP contribution in [0.25, 0.3) is 33.1 Å². The van der Waals surface area contributed by atoms with Crippen molar-refractivity contribution in [3.05, 3.63) is 65.3 Å². The molecule has 28 heavy (non-hydrogen) atoms. The molecule has 0 bridgehead atoms. The van der Waals surface area contributed by atoms with Crippen LogP contribution < -0.4 is 0 Å². The number of rotatable bonds is 5. The topological polar surface area (TPSA) is 53.4 Å². The average Bonchev–Trinajstić information content (AvgIpc) is 3.03. The van der Waals surface area contributed by atoms with Crippen molar-refractivity contribution >= 4 is 39.4 Å². The van der Waals surface area contributed by atoms with Crippen LogP contribution in [0.15, 0.2) is 54.6 Å². The highest BCUT2D eigenvalue weighted by molar-refractivity contribution is 6.30. The van der Waals surface area contributed by atoms with Gasteiger partial charge in [0.25, 0.3) is 0 Å². The fourth-order valence-electron chi connectivity index (χ4n) is 3.46. The van der Waals surface area contributed by atoms with E-state index in [1.807, 2.05) is 48.5 Å². The Bertz CT molecular complexity index is 1170. The number of ether oxygens (including phenoxy) is 2. The van der Waals surface area contributed by atoms with E-state index in [9.17, 15) is 4.79 Å². The van der Waals surface area contributed by atoms with Crippen LogP contribution >= 0.6 is 11.6 Å². The SMILES string of the molecule is CCOC(=O)c1cc2c3ccccc3n(COC)c2c(-c2ccc(Cl)cc2)n1. The largest absolute Gasteiger partial charge is 0.461 e. The minimum Gasteiger partial charge on any atom is -0.461 e. The van der Waals surface area contributed by atoms with Gasteiger partial charge in [-0.15, -0.1) is 0 Å². The zero-order valence-electron chi connectivity index (χ0n) is 15.6. The lowest BCUT2D eigenvalue weighted by Crippen LogP contribution is -2.09. The van der Waals surface area contributed by atoms with E-state index in [1.54, 1.807) is 20.1 Å². The van der Waals surface area contributed by atoms with Crippen molar-refractivity contribution in [3.63, 3.8) is 0 Å². The minimum absolute atomic E-state index is 0.277. The van der Waals surface area contributed by atoms with Crippen molar-refractivity contribution in [2.24, 2.45) is 0 Å². The molecule has 0 spiro atoms. The number of halogens is 1. The molecular weight excluding hydrogens is 376 g/mol. The Morgan fingerprint density at radius 3 is 2.57 bits per heavy atom. The van der Waals surface area contributed by atoms with Crippen molar-refractivity contribution in [1.82, 2.24) is 9.55 Å². The van der Waals surface area contributed by atoms with Gasteiger partial charge in [-0.1, -0.05) is 41.9 Å². The molecule has 0 aliphatic carbocycles. The molecule has 2 aromatic carbocycles. The molecule has 0 unspecified atom stereocenters. The Balaban J connectivity index is 2.11. The summed E-state index contributed by atoms with van der Waals surface area (Å²) in [6, 6.07) is 17.2. The van der Waals surface area contributed by atoms with Crippen molar-refractivity contribution in [2.75, 3.05) is 13.7 Å². The van der Waals surface area contributed by atoms with Crippen LogP contribution in [0.3, 0.4) is 0 Å². The molecule has 0 atom stereocenters. The lowest BCUT2D eigenvalue weighted by Gasteiger charge is -2.11. The van der Waals surface area contributed by atoms with E-state index in [1.165, 1.54) is 0 Å². The fraction of sp³-hybridized carbons (Fsp3) is 0.182. The Kier molecular flexibility index (Phi) is 5.03. The Labute approximate surface area is 167 Å². The Morgan fingerprint density at radius 2 is 1.86 bits per heavy atom. The van der Waals surface area contributed by atoms with Gasteiger partial charge in [-0.05, 0) is 31.2 Å². The zero-order valence-corrected chi connectivity index (χ0v) is 16.4. The molecule has 5 nitrogen and oxygen atoms in total. The van der Waals surface area contributed by atoms with Crippen molar-refractivity contribution in [1.29, 1.82) is 0 Å². The summed E-state index contributed by atoms with van der Waals surface area (Å²) >= 11 is 6.07. The van der Waals surface area contributed by atoms with E-state index in [-0.39, 0.29) is 5.69 Å². The third-order valence-electron chi connectivity index (χ3n) is 4.61. The molecule has 0 N–H and O–H groups in total. The quantitative estimate of drug-likeness (QED) is 0.431. The molecule has 0 amide bonds. The normalized spacial score (nSPS) is 11.2. The minimum atomic E-state index is -0.441. The molecule has 0 aliphatic rings. The van der Waals surface area contributed by atoms with Crippen LogP contribution in [0.1, 0.15) is 17.4 Å². The maximum Gasteiger partial charge on any atom is 0.356 e. The van der Waals surface area contributed by atoms with Gasteiger partial charge >= 0.3 is 5.97 Å². The summed E-state index contributed by atoms with van der Waals surface area (Å²) in [6.07, 6.45) is 0. The van der Waals surface area contributed by atoms with Crippen LogP contribution in [-0.2, 0) is 16.2 Å². The zero-order chi connectivity index (χ0) is 19.7. The Hall–Kier alpha value is -2.89. The van der Waals surface area contributed by atoms with Crippen molar-refractivity contribution in [3.8, 4) is 11.3 Å². The number of fused-ring (bicyclic) bond motifs is 3. The van der Waals surface area contributed by atoms with Gasteiger partial charge in [0, 0.05) is 28.5 Å². The van der Waals surface area contributed by atoms with E-state index >= 15 is 0 Å². The molecule has 0 radical (unpaired) electrons. The second kappa shape index (κ2) is 7.62. The fourth-order valence-corrected chi connectivity index (χ4v) is 3.58. The van der Waals surface area contributed by atoms with Crippen LogP contribution in [0.5, 0.6) is 0 Å². The highest BCUT2D eigenvalue weighted by atomic mass is 35.5. The monoisotopic (exact) mass is 394 g/mol. The van der Waals surface area contributed by atoms with Crippen LogP contribution in [0.4, 0.5) is 0 Å². The van der Waals surface area contributed by atoms with Gasteiger partial charge in [-0.3, -0.25) is 0 Å². The summed E-state index contributed by atoms with van der Waals surface area (Å²) in [5.41, 5.74) is 3.74. The van der Waals surface area contributed by atoms with Crippen molar-refractivity contribution < 1.29 is 14.3 Å². The number of hydrogen-bond acceptors (Lipinski definition) is 4. The van der Waals surface area contributed by atoms with E-state index in [4.69, 9.17) is 21.1 Å². The van der Waals surface area contributed by atoms with E-state index in [0.29, 0.717) is 24.1 Å². The second-order valence-electron chi connectivity index (χ2n) is 6.34. The number of esters is 1. The molecule has 2 aromatic heterocycles. The highest BCUT2D eigenvalue weighted by Gasteiger charge is 2.20. The number of aromatic nitrogens is 2. The number of para-hydroxylation sites is 1. The first-order valence-electron chi connectivity index (χ1n) is 8.98. The average molecular weight is 395 g/mol. The van der Waals surface area contributed by atoms with Crippen LogP contribution in [0.2, 0.25) is 5.02 Å². The Morgan fingerprint density at radius 1 is 1.11 bits per heavy atom. The predicted octanol–water partition coefficient (Wildman–Crippen LogP) is 5.29. The molecule has 142 valence electrons. The molecule has 4 aromatic rings. The molecule has 0 aliphatic heterocycles. The summed E-state index contributed by atoms with van der Waals surface area (Å²) in [4.78, 5) is 17.1. The lowest BCUT2D eigenvalue weighted by atomic mass is 10.1. The summed E-state index contributed by atoms with van der Waals surface area (Å²) in [7, 11) is 1.66. The third kappa shape index (κ3) is 3.13. The summed E-state index contributed by atoms with van der Waals surface area (Å²) in [6.45, 7) is 2.44. The summed E-state index contributed by atoms with van der Waals surface area (Å²) in [5.74, 6) is -0.441. The lowest BCUT2D eigenvalue weighted by molar-refractivity contribution is 0.0520. The first-order valence-corrected chi connectivity index (χ1v) is 9.35. The predicted molar refractivity (Wildman–Crippen MR) is 111 cm³/mol. The van der Waals surface area contributed by atoms with Gasteiger partial charge in [0.2, 0.25) is 0 Å². The first kappa shape index (κ1) is 18.5.